The molecular weight excluding hydrogens is 267 g/mol. The topological polar surface area (TPSA) is 72.2 Å². The number of rotatable bonds is 3. The summed E-state index contributed by atoms with van der Waals surface area (Å²) in [4.78, 5) is 21.7. The number of halogens is 2. The number of nitrogens with one attached hydrogen (secondary N) is 1. The maximum absolute atomic E-state index is 12.9. The quantitative estimate of drug-likeness (QED) is 0.856. The van der Waals surface area contributed by atoms with E-state index in [9.17, 15) is 14.0 Å². The van der Waals surface area contributed by atoms with Crippen LogP contribution in [0, 0.1) is 5.82 Å². The molecule has 0 saturated carbocycles. The summed E-state index contributed by atoms with van der Waals surface area (Å²) >= 11 is 3.05. The zero-order valence-corrected chi connectivity index (χ0v) is 9.17. The molecule has 0 radical (unpaired) electrons. The van der Waals surface area contributed by atoms with E-state index in [2.05, 4.69) is 21.2 Å². The Morgan fingerprint density at radius 3 is 2.60 bits per heavy atom. The molecule has 0 saturated heterocycles. The molecule has 0 fully saturated rings. The minimum atomic E-state index is -0.654. The number of primary amides is 1. The molecule has 0 aliphatic carbocycles. The first-order valence-electron chi connectivity index (χ1n) is 4.01. The average Bonchev–Trinajstić information content (AvgIpc) is 2.12. The highest BCUT2D eigenvalue weighted by atomic mass is 79.9. The summed E-state index contributed by atoms with van der Waals surface area (Å²) in [5.74, 6) is -1.73. The van der Waals surface area contributed by atoms with Crippen molar-refractivity contribution < 1.29 is 14.0 Å². The van der Waals surface area contributed by atoms with E-state index < -0.39 is 17.6 Å². The van der Waals surface area contributed by atoms with Gasteiger partial charge in [-0.3, -0.25) is 9.59 Å². The molecule has 0 atom stereocenters. The smallest absolute Gasteiger partial charge is 0.251 e. The molecule has 15 heavy (non-hydrogen) atoms. The van der Waals surface area contributed by atoms with Gasteiger partial charge in [-0.1, -0.05) is 15.9 Å². The van der Waals surface area contributed by atoms with Gasteiger partial charge in [-0.25, -0.2) is 4.39 Å². The number of hydrogen-bond donors (Lipinski definition) is 2. The minimum absolute atomic E-state index is 0.128. The van der Waals surface area contributed by atoms with Crippen LogP contribution < -0.4 is 11.1 Å². The number of hydrogen-bond acceptors (Lipinski definition) is 2. The van der Waals surface area contributed by atoms with Crippen molar-refractivity contribution in [1.82, 2.24) is 5.32 Å². The van der Waals surface area contributed by atoms with Crippen LogP contribution in [0.25, 0.3) is 0 Å². The van der Waals surface area contributed by atoms with E-state index in [4.69, 9.17) is 5.73 Å². The van der Waals surface area contributed by atoms with Crippen molar-refractivity contribution in [2.45, 2.75) is 0 Å². The van der Waals surface area contributed by atoms with Gasteiger partial charge in [0.2, 0.25) is 5.91 Å². The van der Waals surface area contributed by atoms with Crippen LogP contribution in [0.4, 0.5) is 4.39 Å². The predicted octanol–water partition coefficient (Wildman–Crippen LogP) is 0.803. The van der Waals surface area contributed by atoms with Gasteiger partial charge < -0.3 is 11.1 Å². The lowest BCUT2D eigenvalue weighted by Gasteiger charge is -2.03. The molecule has 4 nitrogen and oxygen atoms in total. The summed E-state index contributed by atoms with van der Waals surface area (Å²) in [7, 11) is 0. The molecule has 0 spiro atoms. The second-order valence-electron chi connectivity index (χ2n) is 2.81. The van der Waals surface area contributed by atoms with E-state index in [-0.39, 0.29) is 12.1 Å². The average molecular weight is 275 g/mol. The molecule has 6 heteroatoms. The van der Waals surface area contributed by atoms with Gasteiger partial charge in [0.15, 0.2) is 0 Å². The summed E-state index contributed by atoms with van der Waals surface area (Å²) in [5.41, 5.74) is 4.97. The molecular formula is C9H8BrFN2O2. The number of nitrogens with two attached hydrogens (primary N) is 1. The van der Waals surface area contributed by atoms with Gasteiger partial charge in [-0.05, 0) is 18.2 Å². The molecule has 0 aliphatic heterocycles. The van der Waals surface area contributed by atoms with Crippen LogP contribution in [-0.4, -0.2) is 18.4 Å². The van der Waals surface area contributed by atoms with Crippen molar-refractivity contribution >= 4 is 27.7 Å². The first-order valence-corrected chi connectivity index (χ1v) is 4.81. The van der Waals surface area contributed by atoms with Gasteiger partial charge in [0, 0.05) is 10.0 Å². The van der Waals surface area contributed by atoms with Crippen LogP contribution in [0.2, 0.25) is 0 Å². The molecule has 1 aromatic carbocycles. The van der Waals surface area contributed by atoms with Crippen molar-refractivity contribution in [1.29, 1.82) is 0 Å². The first-order chi connectivity index (χ1) is 6.99. The Hall–Kier alpha value is -1.43. The van der Waals surface area contributed by atoms with E-state index in [1.807, 2.05) is 0 Å². The fourth-order valence-electron chi connectivity index (χ4n) is 0.954. The summed E-state index contributed by atoms with van der Waals surface area (Å²) in [6, 6.07) is 3.74. The summed E-state index contributed by atoms with van der Waals surface area (Å²) in [6.07, 6.45) is 0. The molecule has 0 bridgehead atoms. The summed E-state index contributed by atoms with van der Waals surface area (Å²) in [5, 5.41) is 2.25. The van der Waals surface area contributed by atoms with Gasteiger partial charge in [0.05, 0.1) is 6.54 Å². The maximum atomic E-state index is 12.9. The Balaban J connectivity index is 2.77. The van der Waals surface area contributed by atoms with E-state index in [1.54, 1.807) is 0 Å². The van der Waals surface area contributed by atoms with Crippen LogP contribution in [-0.2, 0) is 4.79 Å². The third-order valence-corrected chi connectivity index (χ3v) is 2.01. The SMILES string of the molecule is NC(=O)CNC(=O)c1cc(F)cc(Br)c1. The Morgan fingerprint density at radius 1 is 1.40 bits per heavy atom. The molecule has 0 heterocycles. The normalized spacial score (nSPS) is 9.73. The highest BCUT2D eigenvalue weighted by molar-refractivity contribution is 9.10. The summed E-state index contributed by atoms with van der Waals surface area (Å²) in [6.45, 7) is -0.271. The number of carbonyl (C=O) groups is 2. The fourth-order valence-corrected chi connectivity index (χ4v) is 1.42. The molecule has 1 aromatic rings. The van der Waals surface area contributed by atoms with Gasteiger partial charge >= 0.3 is 0 Å². The van der Waals surface area contributed by atoms with E-state index in [1.165, 1.54) is 12.1 Å². The third-order valence-electron chi connectivity index (χ3n) is 1.55. The standard InChI is InChI=1S/C9H8BrFN2O2/c10-6-1-5(2-7(11)3-6)9(15)13-4-8(12)14/h1-3H,4H2,(H2,12,14)(H,13,15). The second kappa shape index (κ2) is 4.88. The monoisotopic (exact) mass is 274 g/mol. The van der Waals surface area contributed by atoms with Crippen molar-refractivity contribution in [3.63, 3.8) is 0 Å². The van der Waals surface area contributed by atoms with Crippen LogP contribution >= 0.6 is 15.9 Å². The molecule has 0 aliphatic rings. The number of amides is 2. The first kappa shape index (κ1) is 11.6. The van der Waals surface area contributed by atoms with Crippen LogP contribution in [0.3, 0.4) is 0 Å². The van der Waals surface area contributed by atoms with Gasteiger partial charge in [0.25, 0.3) is 5.91 Å². The highest BCUT2D eigenvalue weighted by Gasteiger charge is 2.08. The second-order valence-corrected chi connectivity index (χ2v) is 3.72. The Kier molecular flexibility index (Phi) is 3.79. The third kappa shape index (κ3) is 3.67. The predicted molar refractivity (Wildman–Crippen MR) is 55.6 cm³/mol. The highest BCUT2D eigenvalue weighted by Crippen LogP contribution is 2.14. The van der Waals surface area contributed by atoms with E-state index >= 15 is 0 Å². The molecule has 1 rings (SSSR count). The summed E-state index contributed by atoms with van der Waals surface area (Å²) < 4.78 is 13.3. The largest absolute Gasteiger partial charge is 0.368 e. The van der Waals surface area contributed by atoms with Crippen molar-refractivity contribution in [2.24, 2.45) is 5.73 Å². The zero-order valence-electron chi connectivity index (χ0n) is 7.59. The lowest BCUT2D eigenvalue weighted by molar-refractivity contribution is -0.117. The maximum Gasteiger partial charge on any atom is 0.251 e. The van der Waals surface area contributed by atoms with Gasteiger partial charge in [-0.2, -0.15) is 0 Å². The van der Waals surface area contributed by atoms with Gasteiger partial charge in [0.1, 0.15) is 5.82 Å². The number of benzene rings is 1. The van der Waals surface area contributed by atoms with Crippen LogP contribution in [0.15, 0.2) is 22.7 Å². The van der Waals surface area contributed by atoms with Crippen LogP contribution in [0.1, 0.15) is 10.4 Å². The molecule has 2 amide bonds. The van der Waals surface area contributed by atoms with Crippen LogP contribution in [0.5, 0.6) is 0 Å². The van der Waals surface area contributed by atoms with E-state index in [0.717, 1.165) is 6.07 Å². The van der Waals surface area contributed by atoms with E-state index in [0.29, 0.717) is 4.47 Å². The molecule has 0 aromatic heterocycles. The molecule has 3 N–H and O–H groups in total. The Bertz CT molecular complexity index is 389. The molecule has 80 valence electrons. The lowest BCUT2D eigenvalue weighted by atomic mass is 10.2. The lowest BCUT2D eigenvalue weighted by Crippen LogP contribution is -2.33. The van der Waals surface area contributed by atoms with Gasteiger partial charge in [-0.15, -0.1) is 0 Å². The Labute approximate surface area is 93.8 Å². The number of carbonyl (C=O) groups excluding carboxylic acids is 2. The van der Waals surface area contributed by atoms with Crippen molar-refractivity contribution in [2.75, 3.05) is 6.54 Å². The van der Waals surface area contributed by atoms with Crippen molar-refractivity contribution in [3.05, 3.63) is 34.1 Å². The fraction of sp³-hybridized carbons (Fsp3) is 0.111. The zero-order chi connectivity index (χ0) is 11.4. The Morgan fingerprint density at radius 2 is 2.07 bits per heavy atom. The minimum Gasteiger partial charge on any atom is -0.368 e. The van der Waals surface area contributed by atoms with Crippen molar-refractivity contribution in [3.8, 4) is 0 Å². The molecule has 0 unspecified atom stereocenters.